The minimum Gasteiger partial charge on any atom is -0.487 e. The third-order valence-corrected chi connectivity index (χ3v) is 6.10. The molecule has 1 aliphatic carbocycles. The van der Waals surface area contributed by atoms with Gasteiger partial charge in [0.15, 0.2) is 23.7 Å². The molecule has 1 aromatic heterocycles. The summed E-state index contributed by atoms with van der Waals surface area (Å²) in [7, 11) is 0. The molecule has 2 heterocycles. The number of hydrogen-bond donors (Lipinski definition) is 1. The normalized spacial score (nSPS) is 16.2. The molecule has 7 nitrogen and oxygen atoms in total. The summed E-state index contributed by atoms with van der Waals surface area (Å²) in [5.74, 6) is -0.885. The zero-order chi connectivity index (χ0) is 23.7. The van der Waals surface area contributed by atoms with Gasteiger partial charge in [0.25, 0.3) is 5.91 Å². The molecule has 1 saturated carbocycles. The maximum atomic E-state index is 13.9. The minimum absolute atomic E-state index is 0.0326. The lowest BCUT2D eigenvalue weighted by atomic mass is 10.1. The van der Waals surface area contributed by atoms with Crippen LogP contribution in [0.1, 0.15) is 53.4 Å². The van der Waals surface area contributed by atoms with Crippen molar-refractivity contribution in [2.75, 3.05) is 23.3 Å². The number of nitrogens with zero attached hydrogens (tertiary/aromatic N) is 3. The van der Waals surface area contributed by atoms with E-state index in [2.05, 4.69) is 21.3 Å². The van der Waals surface area contributed by atoms with E-state index in [1.807, 2.05) is 0 Å². The first kappa shape index (κ1) is 21.9. The fourth-order valence-electron chi connectivity index (χ4n) is 4.19. The highest BCUT2D eigenvalue weighted by Gasteiger charge is 2.33. The number of anilines is 2. The van der Waals surface area contributed by atoms with Gasteiger partial charge in [0.05, 0.1) is 23.0 Å². The Labute approximate surface area is 195 Å². The molecular formula is C25H22F2N4O3. The van der Waals surface area contributed by atoms with Gasteiger partial charge in [0.2, 0.25) is 0 Å². The lowest BCUT2D eigenvalue weighted by molar-refractivity contribution is 0.102. The van der Waals surface area contributed by atoms with Crippen molar-refractivity contribution in [3.05, 3.63) is 71.4 Å². The highest BCUT2D eigenvalue weighted by molar-refractivity contribution is 6.05. The zero-order valence-electron chi connectivity index (χ0n) is 18.3. The van der Waals surface area contributed by atoms with Gasteiger partial charge >= 0.3 is 0 Å². The fourth-order valence-corrected chi connectivity index (χ4v) is 4.19. The van der Waals surface area contributed by atoms with Gasteiger partial charge in [-0.1, -0.05) is 0 Å². The standard InChI is InChI=1S/C25H22F2N4O3/c26-17-4-6-22(19(27)12-17)34-18-7-9-31(10-8-18)21-5-1-15(13-28)11-20(21)30-25(32)23-24(16-2-3-16)33-14-29-23/h1,4-6,11-12,14,16,18H,2-3,7-10H2,(H,30,32). The van der Waals surface area contributed by atoms with Crippen LogP contribution in [-0.2, 0) is 0 Å². The van der Waals surface area contributed by atoms with Crippen LogP contribution in [0.15, 0.2) is 47.2 Å². The molecule has 2 aromatic carbocycles. The van der Waals surface area contributed by atoms with Crippen molar-refractivity contribution in [1.82, 2.24) is 4.98 Å². The summed E-state index contributed by atoms with van der Waals surface area (Å²) in [6, 6.07) is 10.5. The van der Waals surface area contributed by atoms with Crippen LogP contribution in [0, 0.1) is 23.0 Å². The molecule has 34 heavy (non-hydrogen) atoms. The Balaban J connectivity index is 1.30. The van der Waals surface area contributed by atoms with E-state index >= 15 is 0 Å². The second kappa shape index (κ2) is 9.14. The number of carbonyl (C=O) groups excluding carboxylic acids is 1. The Kier molecular flexibility index (Phi) is 5.88. The van der Waals surface area contributed by atoms with Crippen LogP contribution in [0.2, 0.25) is 0 Å². The van der Waals surface area contributed by atoms with Crippen LogP contribution in [0.4, 0.5) is 20.2 Å². The van der Waals surface area contributed by atoms with Crippen molar-refractivity contribution in [1.29, 1.82) is 5.26 Å². The summed E-state index contributed by atoms with van der Waals surface area (Å²) in [6.45, 7) is 1.19. The number of rotatable bonds is 6. The summed E-state index contributed by atoms with van der Waals surface area (Å²) >= 11 is 0. The summed E-state index contributed by atoms with van der Waals surface area (Å²) < 4.78 is 38.2. The van der Waals surface area contributed by atoms with E-state index in [0.717, 1.165) is 24.6 Å². The van der Waals surface area contributed by atoms with Crippen LogP contribution in [0.3, 0.4) is 0 Å². The first-order valence-electron chi connectivity index (χ1n) is 11.2. The number of piperidine rings is 1. The third-order valence-electron chi connectivity index (χ3n) is 6.10. The van der Waals surface area contributed by atoms with Crippen molar-refractivity contribution in [3.8, 4) is 11.8 Å². The summed E-state index contributed by atoms with van der Waals surface area (Å²) in [5.41, 5.74) is 1.98. The molecule has 1 saturated heterocycles. The molecule has 1 aliphatic heterocycles. The molecule has 0 radical (unpaired) electrons. The smallest absolute Gasteiger partial charge is 0.277 e. The largest absolute Gasteiger partial charge is 0.487 e. The van der Waals surface area contributed by atoms with Gasteiger partial charge in [-0.25, -0.2) is 13.8 Å². The number of ether oxygens (including phenoxy) is 1. The molecule has 2 fully saturated rings. The monoisotopic (exact) mass is 464 g/mol. The maximum absolute atomic E-state index is 13.9. The topological polar surface area (TPSA) is 91.4 Å². The zero-order valence-corrected chi connectivity index (χ0v) is 18.3. The first-order chi connectivity index (χ1) is 16.5. The Hall–Kier alpha value is -3.93. The molecule has 1 N–H and O–H groups in total. The number of nitriles is 1. The second-order valence-electron chi connectivity index (χ2n) is 8.52. The maximum Gasteiger partial charge on any atom is 0.277 e. The average Bonchev–Trinajstić information content (AvgIpc) is 3.57. The van der Waals surface area contributed by atoms with E-state index < -0.39 is 11.6 Å². The SMILES string of the molecule is N#Cc1ccc(N2CCC(Oc3ccc(F)cc3F)CC2)c(NC(=O)c2ncoc2C2CC2)c1. The molecule has 0 spiro atoms. The minimum atomic E-state index is -0.724. The molecule has 174 valence electrons. The Morgan fingerprint density at radius 2 is 1.94 bits per heavy atom. The van der Waals surface area contributed by atoms with E-state index in [1.165, 1.54) is 18.5 Å². The number of hydrogen-bond acceptors (Lipinski definition) is 6. The lowest BCUT2D eigenvalue weighted by Gasteiger charge is -2.34. The predicted octanol–water partition coefficient (Wildman–Crippen LogP) is 5.00. The van der Waals surface area contributed by atoms with Crippen molar-refractivity contribution in [2.24, 2.45) is 0 Å². The number of carbonyl (C=O) groups is 1. The highest BCUT2D eigenvalue weighted by atomic mass is 19.1. The van der Waals surface area contributed by atoms with Gasteiger partial charge in [-0.15, -0.1) is 0 Å². The van der Waals surface area contributed by atoms with Crippen LogP contribution >= 0.6 is 0 Å². The van der Waals surface area contributed by atoms with Gasteiger partial charge in [-0.3, -0.25) is 4.79 Å². The molecule has 9 heteroatoms. The third kappa shape index (κ3) is 4.57. The molecule has 1 amide bonds. The van der Waals surface area contributed by atoms with Gasteiger partial charge in [0, 0.05) is 37.9 Å². The quantitative estimate of drug-likeness (QED) is 0.552. The van der Waals surface area contributed by atoms with Crippen LogP contribution in [0.5, 0.6) is 5.75 Å². The number of halogens is 2. The van der Waals surface area contributed by atoms with Crippen LogP contribution in [0.25, 0.3) is 0 Å². The van der Waals surface area contributed by atoms with E-state index in [0.29, 0.717) is 42.9 Å². The summed E-state index contributed by atoms with van der Waals surface area (Å²) in [6.07, 6.45) is 4.24. The van der Waals surface area contributed by atoms with E-state index in [1.54, 1.807) is 18.2 Å². The second-order valence-corrected chi connectivity index (χ2v) is 8.52. The molecule has 2 aliphatic rings. The van der Waals surface area contributed by atoms with E-state index in [-0.39, 0.29) is 29.4 Å². The predicted molar refractivity (Wildman–Crippen MR) is 120 cm³/mol. The van der Waals surface area contributed by atoms with Crippen molar-refractivity contribution in [3.63, 3.8) is 0 Å². The van der Waals surface area contributed by atoms with Gasteiger partial charge in [-0.05, 0) is 43.2 Å². The molecule has 5 rings (SSSR count). The number of benzene rings is 2. The number of nitrogens with one attached hydrogen (secondary N) is 1. The van der Waals surface area contributed by atoms with Crippen LogP contribution in [-0.4, -0.2) is 30.1 Å². The lowest BCUT2D eigenvalue weighted by Crippen LogP contribution is -2.38. The van der Waals surface area contributed by atoms with Gasteiger partial charge < -0.3 is 19.4 Å². The van der Waals surface area contributed by atoms with Crippen LogP contribution < -0.4 is 15.0 Å². The van der Waals surface area contributed by atoms with Gasteiger partial charge in [-0.2, -0.15) is 5.26 Å². The van der Waals surface area contributed by atoms with E-state index in [4.69, 9.17) is 9.15 Å². The number of amides is 1. The van der Waals surface area contributed by atoms with Crippen molar-refractivity contribution in [2.45, 2.75) is 37.7 Å². The average molecular weight is 464 g/mol. The highest BCUT2D eigenvalue weighted by Crippen LogP contribution is 2.41. The Morgan fingerprint density at radius 1 is 1.15 bits per heavy atom. The molecule has 0 bridgehead atoms. The Morgan fingerprint density at radius 3 is 2.65 bits per heavy atom. The van der Waals surface area contributed by atoms with Crippen molar-refractivity contribution < 1.29 is 22.7 Å². The molecule has 0 atom stereocenters. The Bertz CT molecular complexity index is 1260. The molecule has 0 unspecified atom stereocenters. The first-order valence-corrected chi connectivity index (χ1v) is 11.2. The van der Waals surface area contributed by atoms with Crippen molar-refractivity contribution >= 4 is 17.3 Å². The fraction of sp³-hybridized carbons (Fsp3) is 0.320. The number of aromatic nitrogens is 1. The van der Waals surface area contributed by atoms with E-state index in [9.17, 15) is 18.8 Å². The van der Waals surface area contributed by atoms with Gasteiger partial charge in [0.1, 0.15) is 17.7 Å². The summed E-state index contributed by atoms with van der Waals surface area (Å²) in [4.78, 5) is 19.1. The molecule has 3 aromatic rings. The molecular weight excluding hydrogens is 442 g/mol. The summed E-state index contributed by atoms with van der Waals surface area (Å²) in [5, 5.41) is 12.2. The number of oxazole rings is 1.